The van der Waals surface area contributed by atoms with E-state index in [1.165, 1.54) is 12.1 Å². The van der Waals surface area contributed by atoms with Crippen molar-refractivity contribution >= 4 is 5.78 Å². The molecule has 0 unspecified atom stereocenters. The van der Waals surface area contributed by atoms with Gasteiger partial charge < -0.3 is 4.52 Å². The quantitative estimate of drug-likeness (QED) is 0.848. The van der Waals surface area contributed by atoms with Crippen LogP contribution in [0.1, 0.15) is 30.2 Å². The molecular weight excluding hydrogens is 273 g/mol. The summed E-state index contributed by atoms with van der Waals surface area (Å²) in [6.45, 7) is 0. The Morgan fingerprint density at radius 1 is 1.25 bits per heavy atom. The number of Topliss-reactive ketones (excluding diaryl/α,β-unsaturated/α-hetero) is 1. The lowest BCUT2D eigenvalue weighted by molar-refractivity contribution is -0.137. The van der Waals surface area contributed by atoms with Crippen molar-refractivity contribution in [3.63, 3.8) is 0 Å². The van der Waals surface area contributed by atoms with Gasteiger partial charge in [-0.1, -0.05) is 17.3 Å². The first-order valence-corrected chi connectivity index (χ1v) is 5.96. The maximum Gasteiger partial charge on any atom is 0.416 e. The summed E-state index contributed by atoms with van der Waals surface area (Å²) >= 11 is 0. The van der Waals surface area contributed by atoms with Gasteiger partial charge in [0, 0.05) is 18.4 Å². The molecule has 0 atom stereocenters. The zero-order valence-corrected chi connectivity index (χ0v) is 10.1. The Balaban J connectivity index is 1.88. The van der Waals surface area contributed by atoms with E-state index in [0.29, 0.717) is 18.7 Å². The van der Waals surface area contributed by atoms with Crippen LogP contribution in [0.5, 0.6) is 0 Å². The van der Waals surface area contributed by atoms with Gasteiger partial charge in [-0.3, -0.25) is 4.79 Å². The summed E-state index contributed by atoms with van der Waals surface area (Å²) in [5.74, 6) is 0.422. The molecule has 0 N–H and O–H groups in total. The maximum absolute atomic E-state index is 12.6. The third-order valence-electron chi connectivity index (χ3n) is 3.19. The summed E-state index contributed by atoms with van der Waals surface area (Å²) in [7, 11) is 0. The molecule has 0 bridgehead atoms. The van der Waals surface area contributed by atoms with Gasteiger partial charge in [0.1, 0.15) is 5.78 Å². The van der Waals surface area contributed by atoms with E-state index in [9.17, 15) is 18.0 Å². The number of hydrogen-bond acceptors (Lipinski definition) is 4. The van der Waals surface area contributed by atoms with Gasteiger partial charge in [-0.05, 0) is 12.1 Å². The highest BCUT2D eigenvalue weighted by Crippen LogP contribution is 2.34. The molecule has 20 heavy (non-hydrogen) atoms. The summed E-state index contributed by atoms with van der Waals surface area (Å²) in [6.07, 6.45) is -3.71. The molecule has 0 aliphatic heterocycles. The molecule has 0 spiro atoms. The number of ketones is 1. The number of carbonyl (C=O) groups excluding carboxylic acids is 1. The van der Waals surface area contributed by atoms with E-state index in [1.807, 2.05) is 0 Å². The Kier molecular flexibility index (Phi) is 2.84. The second-order valence-electron chi connectivity index (χ2n) is 4.68. The molecule has 1 fully saturated rings. The van der Waals surface area contributed by atoms with E-state index in [2.05, 4.69) is 10.1 Å². The zero-order chi connectivity index (χ0) is 14.3. The van der Waals surface area contributed by atoms with Crippen molar-refractivity contribution in [2.24, 2.45) is 0 Å². The number of halogens is 3. The van der Waals surface area contributed by atoms with Gasteiger partial charge in [0.25, 0.3) is 0 Å². The Bertz CT molecular complexity index is 656. The molecule has 1 saturated carbocycles. The topological polar surface area (TPSA) is 56.0 Å². The SMILES string of the molecule is O=C1CC(c2nc(-c3cccc(C(F)(F)F)c3)no2)C1. The van der Waals surface area contributed by atoms with Crippen LogP contribution >= 0.6 is 0 Å². The molecule has 0 radical (unpaired) electrons. The van der Waals surface area contributed by atoms with Crippen LogP contribution in [0.3, 0.4) is 0 Å². The van der Waals surface area contributed by atoms with Crippen molar-refractivity contribution in [2.45, 2.75) is 24.9 Å². The van der Waals surface area contributed by atoms with Crippen molar-refractivity contribution < 1.29 is 22.5 Å². The monoisotopic (exact) mass is 282 g/mol. The standard InChI is InChI=1S/C13H9F3N2O2/c14-13(15,16)9-3-1-2-7(4-9)11-17-12(20-18-11)8-5-10(19)6-8/h1-4,8H,5-6H2. The summed E-state index contributed by atoms with van der Waals surface area (Å²) in [4.78, 5) is 15.0. The van der Waals surface area contributed by atoms with Crippen LogP contribution in [0.4, 0.5) is 13.2 Å². The van der Waals surface area contributed by atoms with Crippen LogP contribution in [-0.2, 0) is 11.0 Å². The normalized spacial score (nSPS) is 16.2. The molecule has 1 aliphatic rings. The molecule has 0 saturated heterocycles. The number of benzene rings is 1. The molecule has 1 aromatic heterocycles. The first kappa shape index (κ1) is 12.8. The van der Waals surface area contributed by atoms with E-state index in [-0.39, 0.29) is 23.1 Å². The van der Waals surface area contributed by atoms with Gasteiger partial charge in [-0.25, -0.2) is 0 Å². The summed E-state index contributed by atoms with van der Waals surface area (Å²) in [5.41, 5.74) is -0.527. The van der Waals surface area contributed by atoms with E-state index in [0.717, 1.165) is 12.1 Å². The van der Waals surface area contributed by atoms with Gasteiger partial charge >= 0.3 is 6.18 Å². The molecule has 1 heterocycles. The second-order valence-corrected chi connectivity index (χ2v) is 4.68. The third kappa shape index (κ3) is 2.31. The molecule has 2 aromatic rings. The number of aromatic nitrogens is 2. The third-order valence-corrected chi connectivity index (χ3v) is 3.19. The lowest BCUT2D eigenvalue weighted by Crippen LogP contribution is -2.21. The fourth-order valence-electron chi connectivity index (χ4n) is 2.02. The molecular formula is C13H9F3N2O2. The second kappa shape index (κ2) is 4.43. The number of hydrogen-bond donors (Lipinski definition) is 0. The van der Waals surface area contributed by atoms with Crippen LogP contribution in [-0.4, -0.2) is 15.9 Å². The van der Waals surface area contributed by atoms with E-state index >= 15 is 0 Å². The summed E-state index contributed by atoms with van der Waals surface area (Å²) in [5, 5.41) is 3.67. The average molecular weight is 282 g/mol. The minimum absolute atomic E-state index is 0.102. The minimum Gasteiger partial charge on any atom is -0.339 e. The van der Waals surface area contributed by atoms with Crippen LogP contribution in [0.25, 0.3) is 11.4 Å². The predicted octanol–water partition coefficient (Wildman–Crippen LogP) is 3.20. The maximum atomic E-state index is 12.6. The van der Waals surface area contributed by atoms with Crippen molar-refractivity contribution in [1.29, 1.82) is 0 Å². The van der Waals surface area contributed by atoms with E-state index in [4.69, 9.17) is 4.52 Å². The average Bonchev–Trinajstić information content (AvgIpc) is 2.83. The Morgan fingerprint density at radius 3 is 2.65 bits per heavy atom. The lowest BCUT2D eigenvalue weighted by atomic mass is 9.84. The Hall–Kier alpha value is -2.18. The highest BCUT2D eigenvalue weighted by atomic mass is 19.4. The van der Waals surface area contributed by atoms with Crippen LogP contribution in [0, 0.1) is 0 Å². The van der Waals surface area contributed by atoms with Crippen molar-refractivity contribution in [3.8, 4) is 11.4 Å². The fraction of sp³-hybridized carbons (Fsp3) is 0.308. The predicted molar refractivity (Wildman–Crippen MR) is 61.7 cm³/mol. The van der Waals surface area contributed by atoms with Gasteiger partial charge in [-0.15, -0.1) is 0 Å². The molecule has 1 aromatic carbocycles. The fourth-order valence-corrected chi connectivity index (χ4v) is 2.02. The van der Waals surface area contributed by atoms with Gasteiger partial charge in [0.2, 0.25) is 11.7 Å². The smallest absolute Gasteiger partial charge is 0.339 e. The van der Waals surface area contributed by atoms with Gasteiger partial charge in [0.05, 0.1) is 11.5 Å². The highest BCUT2D eigenvalue weighted by molar-refractivity contribution is 5.86. The van der Waals surface area contributed by atoms with Crippen molar-refractivity contribution in [2.75, 3.05) is 0 Å². The van der Waals surface area contributed by atoms with Crippen LogP contribution in [0.2, 0.25) is 0 Å². The molecule has 7 heteroatoms. The van der Waals surface area contributed by atoms with Crippen LogP contribution < -0.4 is 0 Å². The van der Waals surface area contributed by atoms with E-state index in [1.54, 1.807) is 0 Å². The summed E-state index contributed by atoms with van der Waals surface area (Å²) < 4.78 is 42.9. The van der Waals surface area contributed by atoms with Gasteiger partial charge in [-0.2, -0.15) is 18.2 Å². The lowest BCUT2D eigenvalue weighted by Gasteiger charge is -2.19. The molecule has 0 amide bonds. The first-order valence-electron chi connectivity index (χ1n) is 5.96. The summed E-state index contributed by atoms with van der Waals surface area (Å²) in [6, 6.07) is 4.73. The highest BCUT2D eigenvalue weighted by Gasteiger charge is 2.33. The van der Waals surface area contributed by atoms with Crippen molar-refractivity contribution in [1.82, 2.24) is 10.1 Å². The molecule has 3 rings (SSSR count). The Morgan fingerprint density at radius 2 is 2.00 bits per heavy atom. The number of rotatable bonds is 2. The zero-order valence-electron chi connectivity index (χ0n) is 10.1. The number of carbonyl (C=O) groups is 1. The largest absolute Gasteiger partial charge is 0.416 e. The van der Waals surface area contributed by atoms with Gasteiger partial charge in [0.15, 0.2) is 0 Å². The molecule has 1 aliphatic carbocycles. The number of nitrogens with zero attached hydrogens (tertiary/aromatic N) is 2. The Labute approximate surface area is 111 Å². The molecule has 104 valence electrons. The minimum atomic E-state index is -4.41. The van der Waals surface area contributed by atoms with Crippen molar-refractivity contribution in [3.05, 3.63) is 35.7 Å². The molecule has 4 nitrogen and oxygen atoms in total. The van der Waals surface area contributed by atoms with E-state index < -0.39 is 11.7 Å². The number of alkyl halides is 3. The first-order chi connectivity index (χ1) is 9.43. The van der Waals surface area contributed by atoms with Crippen LogP contribution in [0.15, 0.2) is 28.8 Å².